The summed E-state index contributed by atoms with van der Waals surface area (Å²) in [4.78, 5) is 12.5. The van der Waals surface area contributed by atoms with Crippen LogP contribution >= 0.6 is 23.2 Å². The highest BCUT2D eigenvalue weighted by Crippen LogP contribution is 2.27. The molecule has 2 aromatic rings. The molecule has 0 bridgehead atoms. The zero-order valence-electron chi connectivity index (χ0n) is 15.4. The van der Waals surface area contributed by atoms with Gasteiger partial charge in [0.05, 0.1) is 18.0 Å². The molecule has 0 aliphatic carbocycles. The molecule has 8 heteroatoms. The van der Waals surface area contributed by atoms with Gasteiger partial charge in [0.2, 0.25) is 15.9 Å². The number of amides is 1. The van der Waals surface area contributed by atoms with Crippen LogP contribution in [-0.4, -0.2) is 27.1 Å². The van der Waals surface area contributed by atoms with Crippen molar-refractivity contribution in [3.8, 4) is 0 Å². The van der Waals surface area contributed by atoms with Crippen molar-refractivity contribution in [1.82, 2.24) is 5.32 Å². The minimum atomic E-state index is -3.70. The van der Waals surface area contributed by atoms with E-state index in [0.29, 0.717) is 0 Å². The van der Waals surface area contributed by atoms with Crippen LogP contribution in [0.1, 0.15) is 31.0 Å². The zero-order valence-corrected chi connectivity index (χ0v) is 17.7. The van der Waals surface area contributed by atoms with Crippen molar-refractivity contribution >= 4 is 44.8 Å². The number of rotatable bonds is 7. The van der Waals surface area contributed by atoms with Crippen LogP contribution in [0.4, 0.5) is 5.69 Å². The van der Waals surface area contributed by atoms with Crippen LogP contribution in [0.3, 0.4) is 0 Å². The number of sulfonamides is 1. The predicted octanol–water partition coefficient (Wildman–Crippen LogP) is 4.20. The Labute approximate surface area is 170 Å². The maximum Gasteiger partial charge on any atom is 0.241 e. The van der Waals surface area contributed by atoms with Crippen molar-refractivity contribution < 1.29 is 13.2 Å². The van der Waals surface area contributed by atoms with Gasteiger partial charge >= 0.3 is 0 Å². The largest absolute Gasteiger partial charge is 0.348 e. The van der Waals surface area contributed by atoms with E-state index in [-0.39, 0.29) is 28.3 Å². The summed E-state index contributed by atoms with van der Waals surface area (Å²) in [5, 5.41) is 3.40. The van der Waals surface area contributed by atoms with Crippen molar-refractivity contribution in [2.24, 2.45) is 0 Å². The van der Waals surface area contributed by atoms with Crippen LogP contribution < -0.4 is 9.62 Å². The standard InChI is InChI=1S/C19H22Cl2N2O3S/c1-4-14-5-7-15(8-6-14)13(2)22-19(24)12-23(27(3,25)26)18-10-16(20)9-17(21)11-18/h5-11,13H,4,12H2,1-3H3,(H,22,24)/t13-/m0/s1. The molecule has 0 aliphatic heterocycles. The van der Waals surface area contributed by atoms with Crippen molar-refractivity contribution in [1.29, 1.82) is 0 Å². The van der Waals surface area contributed by atoms with E-state index in [9.17, 15) is 13.2 Å². The SMILES string of the molecule is CCc1ccc([C@H](C)NC(=O)CN(c2cc(Cl)cc(Cl)c2)S(C)(=O)=O)cc1. The van der Waals surface area contributed by atoms with E-state index < -0.39 is 15.9 Å². The highest BCUT2D eigenvalue weighted by molar-refractivity contribution is 7.92. The molecule has 1 amide bonds. The first-order chi connectivity index (χ1) is 12.6. The third-order valence-corrected chi connectivity index (χ3v) is 5.67. The van der Waals surface area contributed by atoms with Gasteiger partial charge in [-0.15, -0.1) is 0 Å². The predicted molar refractivity (Wildman–Crippen MR) is 111 cm³/mol. The van der Waals surface area contributed by atoms with Gasteiger partial charge in [-0.1, -0.05) is 54.4 Å². The lowest BCUT2D eigenvalue weighted by Gasteiger charge is -2.23. The molecule has 0 saturated heterocycles. The van der Waals surface area contributed by atoms with Gasteiger partial charge in [-0.2, -0.15) is 0 Å². The van der Waals surface area contributed by atoms with Crippen LogP contribution in [0, 0.1) is 0 Å². The molecule has 0 saturated carbocycles. The molecule has 0 fully saturated rings. The summed E-state index contributed by atoms with van der Waals surface area (Å²) in [6, 6.07) is 12.1. The lowest BCUT2D eigenvalue weighted by atomic mass is 10.1. The van der Waals surface area contributed by atoms with Gasteiger partial charge in [0.15, 0.2) is 0 Å². The summed E-state index contributed by atoms with van der Waals surface area (Å²) in [7, 11) is -3.70. The number of anilines is 1. The molecule has 146 valence electrons. The minimum Gasteiger partial charge on any atom is -0.348 e. The molecule has 0 aliphatic rings. The summed E-state index contributed by atoms with van der Waals surface area (Å²) in [5.74, 6) is -0.427. The number of hydrogen-bond donors (Lipinski definition) is 1. The molecular weight excluding hydrogens is 407 g/mol. The van der Waals surface area contributed by atoms with Crippen LogP contribution in [0.2, 0.25) is 10.0 Å². The summed E-state index contributed by atoms with van der Waals surface area (Å²) in [6.07, 6.45) is 1.97. The van der Waals surface area contributed by atoms with Gasteiger partial charge < -0.3 is 5.32 Å². The van der Waals surface area contributed by atoms with E-state index in [4.69, 9.17) is 23.2 Å². The van der Waals surface area contributed by atoms with Gasteiger partial charge in [0.25, 0.3) is 0 Å². The monoisotopic (exact) mass is 428 g/mol. The van der Waals surface area contributed by atoms with Crippen LogP contribution in [0.25, 0.3) is 0 Å². The van der Waals surface area contributed by atoms with Gasteiger partial charge in [0.1, 0.15) is 6.54 Å². The Morgan fingerprint density at radius 2 is 1.67 bits per heavy atom. The molecule has 0 spiro atoms. The Hall–Kier alpha value is -1.76. The van der Waals surface area contributed by atoms with Gasteiger partial charge in [-0.05, 0) is 42.7 Å². The maximum atomic E-state index is 12.5. The van der Waals surface area contributed by atoms with Crippen molar-refractivity contribution in [2.45, 2.75) is 26.3 Å². The first-order valence-corrected chi connectivity index (χ1v) is 11.0. The number of carbonyl (C=O) groups excluding carboxylic acids is 1. The van der Waals surface area contributed by atoms with Crippen LogP contribution in [-0.2, 0) is 21.2 Å². The third kappa shape index (κ3) is 6.13. The second-order valence-corrected chi connectivity index (χ2v) is 9.06. The molecular formula is C19H22Cl2N2O3S. The van der Waals surface area contributed by atoms with Crippen molar-refractivity contribution in [3.63, 3.8) is 0 Å². The smallest absolute Gasteiger partial charge is 0.241 e. The second-order valence-electron chi connectivity index (χ2n) is 6.28. The average Bonchev–Trinajstić information content (AvgIpc) is 2.57. The fraction of sp³-hybridized carbons (Fsp3) is 0.316. The third-order valence-electron chi connectivity index (χ3n) is 4.09. The van der Waals surface area contributed by atoms with E-state index in [2.05, 4.69) is 12.2 Å². The van der Waals surface area contributed by atoms with E-state index in [1.54, 1.807) is 0 Å². The van der Waals surface area contributed by atoms with Gasteiger partial charge in [-0.3, -0.25) is 9.10 Å². The Bertz CT molecular complexity index is 895. The molecule has 5 nitrogen and oxygen atoms in total. The molecule has 0 aromatic heterocycles. The topological polar surface area (TPSA) is 66.5 Å². The summed E-state index contributed by atoms with van der Waals surface area (Å²) >= 11 is 11.9. The average molecular weight is 429 g/mol. The van der Waals surface area contributed by atoms with E-state index in [1.807, 2.05) is 31.2 Å². The molecule has 0 heterocycles. The van der Waals surface area contributed by atoms with Crippen molar-refractivity contribution in [3.05, 3.63) is 63.6 Å². The molecule has 2 aromatic carbocycles. The lowest BCUT2D eigenvalue weighted by Crippen LogP contribution is -2.41. The number of carbonyl (C=O) groups is 1. The zero-order chi connectivity index (χ0) is 20.2. The molecule has 1 N–H and O–H groups in total. The van der Waals surface area contributed by atoms with Crippen LogP contribution in [0.5, 0.6) is 0 Å². The summed E-state index contributed by atoms with van der Waals surface area (Å²) in [5.41, 5.74) is 2.39. The fourth-order valence-corrected chi connectivity index (χ4v) is 3.98. The first kappa shape index (κ1) is 21.5. The Balaban J connectivity index is 2.16. The Morgan fingerprint density at radius 1 is 1.11 bits per heavy atom. The summed E-state index contributed by atoms with van der Waals surface area (Å²) in [6.45, 7) is 3.55. The number of aryl methyl sites for hydroxylation is 1. The number of hydrogen-bond acceptors (Lipinski definition) is 3. The number of nitrogens with zero attached hydrogens (tertiary/aromatic N) is 1. The van der Waals surface area contributed by atoms with Gasteiger partial charge in [-0.25, -0.2) is 8.42 Å². The highest BCUT2D eigenvalue weighted by Gasteiger charge is 2.22. The summed E-state index contributed by atoms with van der Waals surface area (Å²) < 4.78 is 25.3. The number of halogens is 2. The van der Waals surface area contributed by atoms with Gasteiger partial charge in [0, 0.05) is 10.0 Å². The number of benzene rings is 2. The highest BCUT2D eigenvalue weighted by atomic mass is 35.5. The maximum absolute atomic E-state index is 12.5. The first-order valence-electron chi connectivity index (χ1n) is 8.42. The van der Waals surface area contributed by atoms with Crippen molar-refractivity contribution in [2.75, 3.05) is 17.1 Å². The van der Waals surface area contributed by atoms with E-state index in [0.717, 1.165) is 22.5 Å². The molecule has 2 rings (SSSR count). The molecule has 0 unspecified atom stereocenters. The molecule has 27 heavy (non-hydrogen) atoms. The molecule has 1 atom stereocenters. The molecule has 0 radical (unpaired) electrons. The Morgan fingerprint density at radius 3 is 2.15 bits per heavy atom. The quantitative estimate of drug-likeness (QED) is 0.718. The van der Waals surface area contributed by atoms with E-state index >= 15 is 0 Å². The normalized spacial score (nSPS) is 12.5. The minimum absolute atomic E-state index is 0.241. The number of nitrogens with one attached hydrogen (secondary N) is 1. The second kappa shape index (κ2) is 8.95. The lowest BCUT2D eigenvalue weighted by molar-refractivity contribution is -0.120. The van der Waals surface area contributed by atoms with E-state index in [1.165, 1.54) is 23.8 Å². The van der Waals surface area contributed by atoms with Crippen LogP contribution in [0.15, 0.2) is 42.5 Å². The fourth-order valence-electron chi connectivity index (χ4n) is 2.63. The Kier molecular flexibility index (Phi) is 7.14.